The van der Waals surface area contributed by atoms with E-state index in [1.807, 2.05) is 0 Å². The first-order valence-corrected chi connectivity index (χ1v) is 5.43. The van der Waals surface area contributed by atoms with Crippen molar-refractivity contribution in [3.05, 3.63) is 42.2 Å². The Kier molecular flexibility index (Phi) is 3.37. The van der Waals surface area contributed by atoms with Crippen molar-refractivity contribution in [2.75, 3.05) is 20.0 Å². The number of nitrogens with two attached hydrogens (primary N) is 1. The molecule has 0 atom stereocenters. The van der Waals surface area contributed by atoms with Gasteiger partial charge in [-0.05, 0) is 30.3 Å². The van der Waals surface area contributed by atoms with Crippen LogP contribution in [0.15, 0.2) is 36.4 Å². The molecular weight excluding hydrogens is 233 g/mol. The maximum Gasteiger partial charge on any atom is 0.131 e. The average Bonchev–Trinajstić information content (AvgIpc) is 2.40. The Morgan fingerprint density at radius 2 is 1.61 bits per heavy atom. The molecular formula is C14H14FNO2. The summed E-state index contributed by atoms with van der Waals surface area (Å²) in [5.74, 6) is 0.713. The van der Waals surface area contributed by atoms with Crippen LogP contribution in [-0.4, -0.2) is 14.2 Å². The topological polar surface area (TPSA) is 44.5 Å². The zero-order valence-corrected chi connectivity index (χ0v) is 10.2. The van der Waals surface area contributed by atoms with E-state index in [1.54, 1.807) is 24.3 Å². The molecule has 0 aliphatic carbocycles. The van der Waals surface area contributed by atoms with E-state index in [1.165, 1.54) is 26.4 Å². The van der Waals surface area contributed by atoms with Gasteiger partial charge in [-0.2, -0.15) is 0 Å². The molecule has 2 rings (SSSR count). The van der Waals surface area contributed by atoms with Crippen molar-refractivity contribution in [2.24, 2.45) is 0 Å². The number of halogens is 1. The minimum Gasteiger partial charge on any atom is -0.496 e. The van der Waals surface area contributed by atoms with Crippen LogP contribution in [-0.2, 0) is 0 Å². The lowest BCUT2D eigenvalue weighted by Crippen LogP contribution is -1.96. The fourth-order valence-electron chi connectivity index (χ4n) is 1.85. The Labute approximate surface area is 105 Å². The average molecular weight is 247 g/mol. The van der Waals surface area contributed by atoms with Gasteiger partial charge in [-0.25, -0.2) is 4.39 Å². The summed E-state index contributed by atoms with van der Waals surface area (Å²) in [6, 6.07) is 9.69. The molecule has 0 heterocycles. The molecule has 0 radical (unpaired) electrons. The molecule has 0 aromatic heterocycles. The summed E-state index contributed by atoms with van der Waals surface area (Å²) in [6.07, 6.45) is 0. The van der Waals surface area contributed by atoms with E-state index in [4.69, 9.17) is 15.2 Å². The van der Waals surface area contributed by atoms with Gasteiger partial charge in [0.25, 0.3) is 0 Å². The summed E-state index contributed by atoms with van der Waals surface area (Å²) in [6.45, 7) is 0. The summed E-state index contributed by atoms with van der Waals surface area (Å²) < 4.78 is 24.4. The molecule has 0 unspecified atom stereocenters. The summed E-state index contributed by atoms with van der Waals surface area (Å²) in [5.41, 5.74) is 7.11. The molecule has 3 nitrogen and oxygen atoms in total. The van der Waals surface area contributed by atoms with Gasteiger partial charge < -0.3 is 15.2 Å². The molecule has 18 heavy (non-hydrogen) atoms. The highest BCUT2D eigenvalue weighted by Gasteiger charge is 2.16. The highest BCUT2D eigenvalue weighted by molar-refractivity contribution is 5.79. The number of benzene rings is 2. The first-order chi connectivity index (χ1) is 8.67. The number of methoxy groups -OCH3 is 2. The van der Waals surface area contributed by atoms with Crippen molar-refractivity contribution in [3.63, 3.8) is 0 Å². The smallest absolute Gasteiger partial charge is 0.131 e. The van der Waals surface area contributed by atoms with Gasteiger partial charge in [0, 0.05) is 11.3 Å². The molecule has 0 aliphatic rings. The summed E-state index contributed by atoms with van der Waals surface area (Å²) >= 11 is 0. The van der Waals surface area contributed by atoms with Crippen LogP contribution in [0, 0.1) is 5.82 Å². The van der Waals surface area contributed by atoms with Crippen LogP contribution in [0.1, 0.15) is 0 Å². The summed E-state index contributed by atoms with van der Waals surface area (Å²) in [7, 11) is 3.06. The van der Waals surface area contributed by atoms with E-state index in [-0.39, 0.29) is 5.82 Å². The number of anilines is 1. The van der Waals surface area contributed by atoms with Crippen molar-refractivity contribution in [2.45, 2.75) is 0 Å². The van der Waals surface area contributed by atoms with E-state index in [2.05, 4.69) is 0 Å². The van der Waals surface area contributed by atoms with E-state index in [9.17, 15) is 4.39 Å². The van der Waals surface area contributed by atoms with Crippen molar-refractivity contribution in [1.82, 2.24) is 0 Å². The fourth-order valence-corrected chi connectivity index (χ4v) is 1.85. The quantitative estimate of drug-likeness (QED) is 0.848. The zero-order valence-electron chi connectivity index (χ0n) is 10.2. The molecule has 4 heteroatoms. The Hall–Kier alpha value is -2.23. The Bertz CT molecular complexity index is 547. The fraction of sp³-hybridized carbons (Fsp3) is 0.143. The van der Waals surface area contributed by atoms with Gasteiger partial charge in [-0.1, -0.05) is 6.07 Å². The van der Waals surface area contributed by atoms with Gasteiger partial charge in [0.15, 0.2) is 0 Å². The van der Waals surface area contributed by atoms with Crippen LogP contribution in [0.25, 0.3) is 11.1 Å². The van der Waals surface area contributed by atoms with Crippen molar-refractivity contribution in [3.8, 4) is 22.6 Å². The minimum atomic E-state index is -0.369. The standard InChI is InChI=1S/C14H14FNO2/c1-17-12-4-3-5-13(18-2)14(12)10-8-9(16)6-7-11(10)15/h3-8H,16H2,1-2H3. The Balaban J connectivity index is 2.72. The van der Waals surface area contributed by atoms with Crippen molar-refractivity contribution >= 4 is 5.69 Å². The molecule has 0 fully saturated rings. The lowest BCUT2D eigenvalue weighted by molar-refractivity contribution is 0.397. The normalized spacial score (nSPS) is 10.2. The molecule has 0 spiro atoms. The monoisotopic (exact) mass is 247 g/mol. The van der Waals surface area contributed by atoms with Gasteiger partial charge in [-0.15, -0.1) is 0 Å². The molecule has 2 aromatic rings. The van der Waals surface area contributed by atoms with Crippen molar-refractivity contribution < 1.29 is 13.9 Å². The molecule has 2 aromatic carbocycles. The third kappa shape index (κ3) is 2.09. The van der Waals surface area contributed by atoms with E-state index in [0.717, 1.165) is 0 Å². The maximum absolute atomic E-state index is 13.9. The molecule has 0 bridgehead atoms. The van der Waals surface area contributed by atoms with E-state index >= 15 is 0 Å². The summed E-state index contributed by atoms with van der Waals surface area (Å²) in [4.78, 5) is 0. The highest BCUT2D eigenvalue weighted by atomic mass is 19.1. The minimum absolute atomic E-state index is 0.365. The van der Waals surface area contributed by atoms with E-state index < -0.39 is 0 Å². The molecule has 0 saturated carbocycles. The SMILES string of the molecule is COc1cccc(OC)c1-c1cc(N)ccc1F. The molecule has 0 amide bonds. The van der Waals surface area contributed by atoms with E-state index in [0.29, 0.717) is 28.3 Å². The first kappa shape index (κ1) is 12.2. The largest absolute Gasteiger partial charge is 0.496 e. The number of rotatable bonds is 3. The number of hydrogen-bond acceptors (Lipinski definition) is 3. The molecule has 94 valence electrons. The van der Waals surface area contributed by atoms with Crippen LogP contribution in [0.5, 0.6) is 11.5 Å². The van der Waals surface area contributed by atoms with Crippen LogP contribution in [0.3, 0.4) is 0 Å². The lowest BCUT2D eigenvalue weighted by Gasteiger charge is -2.14. The second-order valence-electron chi connectivity index (χ2n) is 3.78. The number of hydrogen-bond donors (Lipinski definition) is 1. The Morgan fingerprint density at radius 3 is 2.17 bits per heavy atom. The van der Waals surface area contributed by atoms with Crippen LogP contribution in [0.2, 0.25) is 0 Å². The maximum atomic E-state index is 13.9. The van der Waals surface area contributed by atoms with Gasteiger partial charge in [0.05, 0.1) is 19.8 Å². The predicted molar refractivity (Wildman–Crippen MR) is 69.4 cm³/mol. The summed E-state index contributed by atoms with van der Waals surface area (Å²) in [5, 5.41) is 0. The van der Waals surface area contributed by atoms with Gasteiger partial charge >= 0.3 is 0 Å². The van der Waals surface area contributed by atoms with Crippen LogP contribution < -0.4 is 15.2 Å². The lowest BCUT2D eigenvalue weighted by atomic mass is 10.0. The molecule has 0 saturated heterocycles. The highest BCUT2D eigenvalue weighted by Crippen LogP contribution is 2.39. The predicted octanol–water partition coefficient (Wildman–Crippen LogP) is 3.09. The molecule has 0 aliphatic heterocycles. The number of ether oxygens (including phenoxy) is 2. The first-order valence-electron chi connectivity index (χ1n) is 5.43. The third-order valence-corrected chi connectivity index (χ3v) is 2.69. The second-order valence-corrected chi connectivity index (χ2v) is 3.78. The Morgan fingerprint density at radius 1 is 1.00 bits per heavy atom. The van der Waals surface area contributed by atoms with Crippen LogP contribution in [0.4, 0.5) is 10.1 Å². The zero-order chi connectivity index (χ0) is 13.1. The van der Waals surface area contributed by atoms with Crippen molar-refractivity contribution in [1.29, 1.82) is 0 Å². The van der Waals surface area contributed by atoms with Gasteiger partial charge in [-0.3, -0.25) is 0 Å². The van der Waals surface area contributed by atoms with Gasteiger partial charge in [0.2, 0.25) is 0 Å². The number of nitrogen functional groups attached to an aromatic ring is 1. The second kappa shape index (κ2) is 4.96. The van der Waals surface area contributed by atoms with Gasteiger partial charge in [0.1, 0.15) is 17.3 Å². The third-order valence-electron chi connectivity index (χ3n) is 2.69. The van der Waals surface area contributed by atoms with Crippen LogP contribution >= 0.6 is 0 Å². The molecule has 2 N–H and O–H groups in total.